The Hall–Kier alpha value is -1.69. The van der Waals surface area contributed by atoms with Gasteiger partial charge in [-0.05, 0) is 25.7 Å². The van der Waals surface area contributed by atoms with Gasteiger partial charge < -0.3 is 15.3 Å². The van der Waals surface area contributed by atoms with Gasteiger partial charge in [0.05, 0.1) is 11.7 Å². The summed E-state index contributed by atoms with van der Waals surface area (Å²) >= 11 is 0. The third-order valence-corrected chi connectivity index (χ3v) is 4.14. The van der Waals surface area contributed by atoms with Crippen molar-refractivity contribution in [3.05, 3.63) is 17.8 Å². The number of hydrogen-bond donors (Lipinski definition) is 2. The molecule has 2 aromatic rings. The number of aromatic nitrogens is 5. The highest BCUT2D eigenvalue weighted by Crippen LogP contribution is 2.37. The number of nitrogens with two attached hydrogens (primary N) is 1. The van der Waals surface area contributed by atoms with Crippen LogP contribution in [0.3, 0.4) is 0 Å². The topological polar surface area (TPSA) is 85.4 Å². The Labute approximate surface area is 105 Å². The second-order valence-electron chi connectivity index (χ2n) is 5.35. The highest BCUT2D eigenvalue weighted by Gasteiger charge is 2.37. The second-order valence-corrected chi connectivity index (χ2v) is 5.35. The molecule has 0 amide bonds. The van der Waals surface area contributed by atoms with Crippen molar-refractivity contribution >= 4 is 0 Å². The second kappa shape index (κ2) is 3.41. The van der Waals surface area contributed by atoms with Gasteiger partial charge in [-0.1, -0.05) is 0 Å². The van der Waals surface area contributed by atoms with Gasteiger partial charge in [0.25, 0.3) is 0 Å². The van der Waals surface area contributed by atoms with Crippen molar-refractivity contribution in [1.82, 2.24) is 24.7 Å². The number of hydrogen-bond acceptors (Lipinski definition) is 4. The monoisotopic (exact) mass is 244 g/mol. The molecule has 18 heavy (non-hydrogen) atoms. The number of nitrogens with zero attached hydrogens (tertiary/aromatic N) is 4. The lowest BCUT2D eigenvalue weighted by Crippen LogP contribution is -2.44. The van der Waals surface area contributed by atoms with Crippen molar-refractivity contribution in [2.45, 2.75) is 44.2 Å². The zero-order chi connectivity index (χ0) is 12.2. The molecule has 6 heteroatoms. The average molecular weight is 244 g/mol. The Balaban J connectivity index is 1.73. The number of rotatable bonds is 2. The van der Waals surface area contributed by atoms with Gasteiger partial charge in [-0.2, -0.15) is 0 Å². The molecule has 1 saturated carbocycles. The summed E-state index contributed by atoms with van der Waals surface area (Å²) in [6.07, 6.45) is 7.22. The number of aryl methyl sites for hydroxylation is 1. The van der Waals surface area contributed by atoms with E-state index in [0.29, 0.717) is 0 Å². The van der Waals surface area contributed by atoms with Crippen LogP contribution < -0.4 is 5.73 Å². The summed E-state index contributed by atoms with van der Waals surface area (Å²) in [5, 5.41) is 8.46. The molecule has 6 nitrogen and oxygen atoms in total. The summed E-state index contributed by atoms with van der Waals surface area (Å²) in [6.45, 7) is 1.000. The number of nitrogens with one attached hydrogen (secondary N) is 1. The van der Waals surface area contributed by atoms with Crippen molar-refractivity contribution in [2.24, 2.45) is 5.73 Å². The summed E-state index contributed by atoms with van der Waals surface area (Å²) < 4.78 is 2.17. The van der Waals surface area contributed by atoms with Crippen LogP contribution in [0, 0.1) is 0 Å². The number of fused-ring (bicyclic) bond motifs is 1. The first-order chi connectivity index (χ1) is 8.76. The van der Waals surface area contributed by atoms with Crippen molar-refractivity contribution in [3.8, 4) is 11.5 Å². The van der Waals surface area contributed by atoms with Gasteiger partial charge in [-0.3, -0.25) is 0 Å². The van der Waals surface area contributed by atoms with Gasteiger partial charge in [0, 0.05) is 13.0 Å². The van der Waals surface area contributed by atoms with Crippen molar-refractivity contribution in [3.63, 3.8) is 0 Å². The molecule has 0 bridgehead atoms. The Bertz CT molecular complexity index is 591. The van der Waals surface area contributed by atoms with Gasteiger partial charge in [0.15, 0.2) is 5.82 Å². The van der Waals surface area contributed by atoms with Crippen LogP contribution >= 0.6 is 0 Å². The molecular weight excluding hydrogens is 228 g/mol. The number of H-pyrrole nitrogens is 1. The maximum atomic E-state index is 6.27. The molecule has 1 fully saturated rings. The fraction of sp³-hybridized carbons (Fsp3) is 0.583. The fourth-order valence-corrected chi connectivity index (χ4v) is 2.83. The minimum Gasteiger partial charge on any atom is -0.338 e. The molecule has 0 unspecified atom stereocenters. The lowest BCUT2D eigenvalue weighted by Gasteiger charge is -2.35. The minimum atomic E-state index is -0.244. The van der Waals surface area contributed by atoms with Gasteiger partial charge in [-0.25, -0.2) is 4.98 Å². The summed E-state index contributed by atoms with van der Waals surface area (Å²) in [5.74, 6) is 2.86. The normalized spacial score (nSPS) is 20.7. The van der Waals surface area contributed by atoms with Crippen LogP contribution in [0.5, 0.6) is 0 Å². The van der Waals surface area contributed by atoms with E-state index in [1.165, 1.54) is 6.42 Å². The minimum absolute atomic E-state index is 0.244. The first-order valence-electron chi connectivity index (χ1n) is 6.53. The van der Waals surface area contributed by atoms with E-state index in [1.54, 1.807) is 0 Å². The van der Waals surface area contributed by atoms with Crippen LogP contribution in [-0.4, -0.2) is 24.7 Å². The molecule has 0 spiro atoms. The van der Waals surface area contributed by atoms with Crippen LogP contribution in [0.25, 0.3) is 11.5 Å². The molecule has 0 atom stereocenters. The van der Waals surface area contributed by atoms with Crippen LogP contribution in [0.2, 0.25) is 0 Å². The summed E-state index contributed by atoms with van der Waals surface area (Å²) in [7, 11) is 0. The van der Waals surface area contributed by atoms with E-state index >= 15 is 0 Å². The SMILES string of the molecule is NC1(c2ncc(-c3nnc4n3CCC4)[nH]2)CCC1. The maximum absolute atomic E-state index is 6.27. The molecule has 4 rings (SSSR count). The Morgan fingerprint density at radius 3 is 2.94 bits per heavy atom. The molecule has 3 N–H and O–H groups in total. The largest absolute Gasteiger partial charge is 0.338 e. The predicted molar refractivity (Wildman–Crippen MR) is 65.6 cm³/mol. The number of aromatic amines is 1. The maximum Gasteiger partial charge on any atom is 0.182 e. The van der Waals surface area contributed by atoms with E-state index in [1.807, 2.05) is 6.20 Å². The predicted octanol–water partition coefficient (Wildman–Crippen LogP) is 0.952. The van der Waals surface area contributed by atoms with E-state index in [2.05, 4.69) is 24.7 Å². The van der Waals surface area contributed by atoms with Gasteiger partial charge in [0.1, 0.15) is 17.3 Å². The van der Waals surface area contributed by atoms with E-state index in [4.69, 9.17) is 5.73 Å². The quantitative estimate of drug-likeness (QED) is 0.823. The molecule has 0 radical (unpaired) electrons. The first-order valence-corrected chi connectivity index (χ1v) is 6.53. The third kappa shape index (κ3) is 1.29. The van der Waals surface area contributed by atoms with Gasteiger partial charge in [0.2, 0.25) is 0 Å². The zero-order valence-corrected chi connectivity index (χ0v) is 10.2. The first kappa shape index (κ1) is 10.3. The van der Waals surface area contributed by atoms with Crippen LogP contribution in [0.1, 0.15) is 37.3 Å². The summed E-state index contributed by atoms with van der Waals surface area (Å²) in [4.78, 5) is 7.76. The molecule has 1 aliphatic carbocycles. The molecule has 3 heterocycles. The van der Waals surface area contributed by atoms with Gasteiger partial charge in [-0.15, -0.1) is 10.2 Å². The Kier molecular flexibility index (Phi) is 1.94. The molecular formula is C12H16N6. The fourth-order valence-electron chi connectivity index (χ4n) is 2.83. The van der Waals surface area contributed by atoms with Crippen LogP contribution in [0.4, 0.5) is 0 Å². The molecule has 0 saturated heterocycles. The number of imidazole rings is 1. The van der Waals surface area contributed by atoms with Gasteiger partial charge >= 0.3 is 0 Å². The standard InChI is InChI=1S/C12H16N6/c13-12(4-2-5-12)11-14-7-8(15-11)10-17-16-9-3-1-6-18(9)10/h7H,1-6,13H2,(H,14,15). The van der Waals surface area contributed by atoms with Crippen molar-refractivity contribution in [1.29, 1.82) is 0 Å². The highest BCUT2D eigenvalue weighted by atomic mass is 15.3. The summed E-state index contributed by atoms with van der Waals surface area (Å²) in [5.41, 5.74) is 6.96. The van der Waals surface area contributed by atoms with E-state index in [9.17, 15) is 0 Å². The van der Waals surface area contributed by atoms with Crippen LogP contribution in [-0.2, 0) is 18.5 Å². The zero-order valence-electron chi connectivity index (χ0n) is 10.2. The molecule has 0 aromatic carbocycles. The lowest BCUT2D eigenvalue weighted by molar-refractivity contribution is 0.240. The molecule has 2 aromatic heterocycles. The van der Waals surface area contributed by atoms with E-state index in [0.717, 1.165) is 55.4 Å². The highest BCUT2D eigenvalue weighted by molar-refractivity contribution is 5.49. The Morgan fingerprint density at radius 2 is 2.17 bits per heavy atom. The molecule has 94 valence electrons. The average Bonchev–Trinajstić information content (AvgIpc) is 3.00. The third-order valence-electron chi connectivity index (χ3n) is 4.14. The van der Waals surface area contributed by atoms with Crippen LogP contribution in [0.15, 0.2) is 6.20 Å². The summed E-state index contributed by atoms with van der Waals surface area (Å²) in [6, 6.07) is 0. The lowest BCUT2D eigenvalue weighted by atomic mass is 9.77. The van der Waals surface area contributed by atoms with Crippen molar-refractivity contribution in [2.75, 3.05) is 0 Å². The molecule has 1 aliphatic heterocycles. The smallest absolute Gasteiger partial charge is 0.182 e. The van der Waals surface area contributed by atoms with E-state index < -0.39 is 0 Å². The van der Waals surface area contributed by atoms with E-state index in [-0.39, 0.29) is 5.54 Å². The van der Waals surface area contributed by atoms with Crippen molar-refractivity contribution < 1.29 is 0 Å². The Morgan fingerprint density at radius 1 is 1.28 bits per heavy atom. The molecule has 2 aliphatic rings.